The van der Waals surface area contributed by atoms with Crippen molar-refractivity contribution in [2.75, 3.05) is 27.2 Å². The molecular formula is C23H35ClN4O5. The van der Waals surface area contributed by atoms with E-state index in [0.29, 0.717) is 17.4 Å². The van der Waals surface area contributed by atoms with Crippen molar-refractivity contribution in [2.45, 2.75) is 57.2 Å². The maximum atomic E-state index is 13.0. The van der Waals surface area contributed by atoms with Gasteiger partial charge in [0, 0.05) is 25.7 Å². The molecule has 1 unspecified atom stereocenters. The molecule has 0 heterocycles. The van der Waals surface area contributed by atoms with Crippen LogP contribution in [0.3, 0.4) is 0 Å². The van der Waals surface area contributed by atoms with E-state index in [-0.39, 0.29) is 25.8 Å². The number of alkyl carbamates (subject to hydrolysis) is 1. The van der Waals surface area contributed by atoms with Crippen LogP contribution in [-0.2, 0) is 16.1 Å². The summed E-state index contributed by atoms with van der Waals surface area (Å²) in [7, 11) is 3.20. The van der Waals surface area contributed by atoms with Crippen molar-refractivity contribution < 1.29 is 24.2 Å². The second-order valence-corrected chi connectivity index (χ2v) is 9.05. The van der Waals surface area contributed by atoms with Gasteiger partial charge in [0.05, 0.1) is 12.6 Å². The highest BCUT2D eigenvalue weighted by atomic mass is 35.5. The molecule has 184 valence electrons. The molecule has 4 N–H and O–H groups in total. The minimum absolute atomic E-state index is 0.0278. The number of halogens is 1. The molecule has 0 saturated heterocycles. The molecule has 0 aromatic heterocycles. The van der Waals surface area contributed by atoms with Gasteiger partial charge in [-0.3, -0.25) is 4.79 Å². The Bertz CT molecular complexity index is 786. The summed E-state index contributed by atoms with van der Waals surface area (Å²) >= 11 is 5.96. The number of amides is 4. The molecule has 0 spiro atoms. The maximum absolute atomic E-state index is 13.0. The molecule has 9 nitrogen and oxygen atoms in total. The highest BCUT2D eigenvalue weighted by Gasteiger charge is 2.28. The number of hydrogen-bond acceptors (Lipinski definition) is 5. The Labute approximate surface area is 200 Å². The summed E-state index contributed by atoms with van der Waals surface area (Å²) in [5.74, 6) is -0.0952. The van der Waals surface area contributed by atoms with Gasteiger partial charge < -0.3 is 30.7 Å². The third-order valence-electron chi connectivity index (χ3n) is 5.63. The number of hydrogen-bond donors (Lipinski definition) is 4. The number of aliphatic hydroxyl groups is 1. The summed E-state index contributed by atoms with van der Waals surface area (Å²) in [6, 6.07) is 5.17. The van der Waals surface area contributed by atoms with E-state index >= 15 is 0 Å². The Morgan fingerprint density at radius 3 is 2.55 bits per heavy atom. The molecule has 10 heteroatoms. The van der Waals surface area contributed by atoms with Gasteiger partial charge in [0.15, 0.2) is 0 Å². The van der Waals surface area contributed by atoms with E-state index in [1.54, 1.807) is 38.4 Å². The van der Waals surface area contributed by atoms with Gasteiger partial charge >= 0.3 is 12.1 Å². The largest absolute Gasteiger partial charge is 0.445 e. The van der Waals surface area contributed by atoms with Crippen molar-refractivity contribution in [1.82, 2.24) is 20.9 Å². The van der Waals surface area contributed by atoms with Crippen LogP contribution in [0.5, 0.6) is 0 Å². The smallest absolute Gasteiger partial charge is 0.408 e. The van der Waals surface area contributed by atoms with Gasteiger partial charge in [0.2, 0.25) is 5.91 Å². The molecular weight excluding hydrogens is 448 g/mol. The molecule has 1 saturated carbocycles. The zero-order valence-corrected chi connectivity index (χ0v) is 20.1. The number of carbonyl (C=O) groups is 3. The lowest BCUT2D eigenvalue weighted by atomic mass is 9.84. The number of aliphatic hydroxyl groups excluding tert-OH is 1. The summed E-state index contributed by atoms with van der Waals surface area (Å²) < 4.78 is 5.29. The number of nitrogens with one attached hydrogen (secondary N) is 3. The normalized spacial score (nSPS) is 15.8. The number of carbonyl (C=O) groups excluding carboxylic acids is 3. The Morgan fingerprint density at radius 2 is 1.91 bits per heavy atom. The summed E-state index contributed by atoms with van der Waals surface area (Å²) in [4.78, 5) is 38.5. The summed E-state index contributed by atoms with van der Waals surface area (Å²) in [5, 5.41) is 18.2. The highest BCUT2D eigenvalue weighted by Crippen LogP contribution is 2.27. The van der Waals surface area contributed by atoms with E-state index < -0.39 is 24.1 Å². The average Bonchev–Trinajstić information content (AvgIpc) is 2.80. The molecule has 4 amide bonds. The Balaban J connectivity index is 1.96. The lowest BCUT2D eigenvalue weighted by molar-refractivity contribution is -0.124. The van der Waals surface area contributed by atoms with Crippen LogP contribution >= 0.6 is 11.6 Å². The van der Waals surface area contributed by atoms with Crippen LogP contribution in [0, 0.1) is 5.92 Å². The molecule has 1 aromatic carbocycles. The Morgan fingerprint density at radius 1 is 1.18 bits per heavy atom. The van der Waals surface area contributed by atoms with Gasteiger partial charge in [0.25, 0.3) is 0 Å². The first kappa shape index (κ1) is 26.7. The average molecular weight is 483 g/mol. The first-order chi connectivity index (χ1) is 15.8. The quantitative estimate of drug-likeness (QED) is 0.408. The van der Waals surface area contributed by atoms with Gasteiger partial charge in [-0.25, -0.2) is 9.59 Å². The minimum Gasteiger partial charge on any atom is -0.445 e. The van der Waals surface area contributed by atoms with Gasteiger partial charge in [-0.15, -0.1) is 0 Å². The predicted molar refractivity (Wildman–Crippen MR) is 126 cm³/mol. The first-order valence-corrected chi connectivity index (χ1v) is 11.7. The zero-order chi connectivity index (χ0) is 24.2. The predicted octanol–water partition coefficient (Wildman–Crippen LogP) is 2.65. The molecule has 1 aromatic rings. The van der Waals surface area contributed by atoms with Crippen molar-refractivity contribution in [1.29, 1.82) is 0 Å². The summed E-state index contributed by atoms with van der Waals surface area (Å²) in [6.07, 6.45) is 5.19. The van der Waals surface area contributed by atoms with E-state index in [1.807, 2.05) is 0 Å². The maximum Gasteiger partial charge on any atom is 0.408 e. The standard InChI is InChI=1S/C23H35ClN4O5/c1-28(2)22(31)25-13-19(14-29)26-21(30)20(12-16-7-4-3-5-8-16)27-23(32)33-15-17-9-6-10-18(24)11-17/h6,9-11,16,19-20,29H,3-5,7-8,12-15H2,1-2H3,(H,25,31)(H,26,30)(H,27,32)/t19?,20-/m0/s1. The molecule has 1 aliphatic rings. The van der Waals surface area contributed by atoms with E-state index in [2.05, 4.69) is 16.0 Å². The third kappa shape index (κ3) is 9.88. The number of benzene rings is 1. The molecule has 0 bridgehead atoms. The van der Waals surface area contributed by atoms with E-state index in [9.17, 15) is 19.5 Å². The Hall–Kier alpha value is -2.52. The molecule has 0 radical (unpaired) electrons. The molecule has 33 heavy (non-hydrogen) atoms. The second kappa shape index (κ2) is 13.9. The highest BCUT2D eigenvalue weighted by molar-refractivity contribution is 6.30. The lowest BCUT2D eigenvalue weighted by Crippen LogP contribution is -2.54. The molecule has 2 rings (SSSR count). The van der Waals surface area contributed by atoms with Gasteiger partial charge in [-0.05, 0) is 30.0 Å². The van der Waals surface area contributed by atoms with Crippen molar-refractivity contribution in [3.05, 3.63) is 34.9 Å². The SMILES string of the molecule is CN(C)C(=O)NCC(CO)NC(=O)[C@H](CC1CCCCC1)NC(=O)OCc1cccc(Cl)c1. The van der Waals surface area contributed by atoms with Crippen LogP contribution in [-0.4, -0.2) is 67.4 Å². The fourth-order valence-electron chi connectivity index (χ4n) is 3.78. The number of nitrogens with zero attached hydrogens (tertiary/aromatic N) is 1. The third-order valence-corrected chi connectivity index (χ3v) is 5.87. The van der Waals surface area contributed by atoms with Gasteiger partial charge in [-0.2, -0.15) is 0 Å². The van der Waals surface area contributed by atoms with Crippen molar-refractivity contribution >= 4 is 29.6 Å². The second-order valence-electron chi connectivity index (χ2n) is 8.61. The van der Waals surface area contributed by atoms with Gasteiger partial charge in [0.1, 0.15) is 12.6 Å². The molecule has 1 aliphatic carbocycles. The topological polar surface area (TPSA) is 120 Å². The van der Waals surface area contributed by atoms with Crippen LogP contribution < -0.4 is 16.0 Å². The molecule has 2 atom stereocenters. The number of urea groups is 1. The minimum atomic E-state index is -0.807. The van der Waals surface area contributed by atoms with E-state index in [4.69, 9.17) is 16.3 Å². The van der Waals surface area contributed by atoms with Crippen LogP contribution in [0.2, 0.25) is 5.02 Å². The first-order valence-electron chi connectivity index (χ1n) is 11.3. The van der Waals surface area contributed by atoms with Crippen LogP contribution in [0.25, 0.3) is 0 Å². The summed E-state index contributed by atoms with van der Waals surface area (Å²) in [6.45, 7) is -0.260. The van der Waals surface area contributed by atoms with E-state index in [0.717, 1.165) is 31.2 Å². The number of rotatable bonds is 10. The van der Waals surface area contributed by atoms with Crippen LogP contribution in [0.1, 0.15) is 44.1 Å². The fourth-order valence-corrected chi connectivity index (χ4v) is 3.99. The molecule has 0 aliphatic heterocycles. The molecule has 1 fully saturated rings. The summed E-state index contributed by atoms with van der Waals surface area (Å²) in [5.41, 5.74) is 0.739. The van der Waals surface area contributed by atoms with Crippen molar-refractivity contribution in [2.24, 2.45) is 5.92 Å². The van der Waals surface area contributed by atoms with Crippen LogP contribution in [0.4, 0.5) is 9.59 Å². The monoisotopic (exact) mass is 482 g/mol. The number of ether oxygens (including phenoxy) is 1. The van der Waals surface area contributed by atoms with Crippen molar-refractivity contribution in [3.63, 3.8) is 0 Å². The zero-order valence-electron chi connectivity index (χ0n) is 19.3. The van der Waals surface area contributed by atoms with Crippen LogP contribution in [0.15, 0.2) is 24.3 Å². The fraction of sp³-hybridized carbons (Fsp3) is 0.609. The van der Waals surface area contributed by atoms with Crippen molar-refractivity contribution in [3.8, 4) is 0 Å². The van der Waals surface area contributed by atoms with Gasteiger partial charge in [-0.1, -0.05) is 55.8 Å². The van der Waals surface area contributed by atoms with E-state index in [1.165, 1.54) is 11.3 Å². The Kier molecular flexibility index (Phi) is 11.3. The lowest BCUT2D eigenvalue weighted by Gasteiger charge is -2.28.